The van der Waals surface area contributed by atoms with Gasteiger partial charge >= 0.3 is 0 Å². The van der Waals surface area contributed by atoms with E-state index < -0.39 is 34.3 Å². The van der Waals surface area contributed by atoms with Crippen LogP contribution in [0.5, 0.6) is 0 Å². The number of pyridine rings is 1. The molecule has 1 N–H and O–H groups in total. The molecule has 2 aromatic carbocycles. The minimum absolute atomic E-state index is 0.398. The third kappa shape index (κ3) is 3.93. The van der Waals surface area contributed by atoms with Gasteiger partial charge in [-0.25, -0.2) is 18.2 Å². The molecule has 1 heterocycles. The average molecular weight is 390 g/mol. The molecular formula is C20H17F3N2OS. The summed E-state index contributed by atoms with van der Waals surface area (Å²) in [5.41, 5.74) is 2.52. The number of thioether (sulfide) groups is 1. The molecule has 7 heteroatoms. The van der Waals surface area contributed by atoms with E-state index in [9.17, 15) is 18.0 Å². The number of hydrogen-bond donors (Lipinski definition) is 1. The van der Waals surface area contributed by atoms with Gasteiger partial charge in [0.25, 0.3) is 0 Å². The minimum Gasteiger partial charge on any atom is -0.323 e. The quantitative estimate of drug-likeness (QED) is 0.480. The minimum atomic E-state index is -1.62. The molecule has 1 atom stereocenters. The number of hydrogen-bond acceptors (Lipinski definition) is 3. The first-order chi connectivity index (χ1) is 12.8. The van der Waals surface area contributed by atoms with Gasteiger partial charge in [-0.1, -0.05) is 30.0 Å². The summed E-state index contributed by atoms with van der Waals surface area (Å²) < 4.78 is 40.0. The summed E-state index contributed by atoms with van der Waals surface area (Å²) in [5, 5.41) is 3.37. The third-order valence-electron chi connectivity index (χ3n) is 4.18. The molecule has 1 aromatic heterocycles. The molecule has 3 aromatic rings. The normalized spacial score (nSPS) is 12.2. The molecular weight excluding hydrogens is 373 g/mol. The maximum atomic E-state index is 13.7. The topological polar surface area (TPSA) is 42.0 Å². The van der Waals surface area contributed by atoms with Crippen LogP contribution in [0.15, 0.2) is 41.4 Å². The molecule has 27 heavy (non-hydrogen) atoms. The molecule has 0 saturated carbocycles. The van der Waals surface area contributed by atoms with Gasteiger partial charge < -0.3 is 5.32 Å². The highest BCUT2D eigenvalue weighted by Crippen LogP contribution is 2.29. The van der Waals surface area contributed by atoms with Gasteiger partial charge in [-0.3, -0.25) is 4.79 Å². The summed E-state index contributed by atoms with van der Waals surface area (Å²) in [6, 6.07) is 9.56. The number of fused-ring (bicyclic) bond motifs is 1. The smallest absolute Gasteiger partial charge is 0.237 e. The van der Waals surface area contributed by atoms with Crippen molar-refractivity contribution in [2.24, 2.45) is 0 Å². The van der Waals surface area contributed by atoms with Gasteiger partial charge in [0.2, 0.25) is 5.91 Å². The average Bonchev–Trinajstić information content (AvgIpc) is 2.63. The van der Waals surface area contributed by atoms with Gasteiger partial charge in [0.15, 0.2) is 17.5 Å². The maximum absolute atomic E-state index is 13.7. The van der Waals surface area contributed by atoms with Crippen LogP contribution >= 0.6 is 11.8 Å². The Morgan fingerprint density at radius 2 is 1.81 bits per heavy atom. The zero-order chi connectivity index (χ0) is 19.7. The van der Waals surface area contributed by atoms with E-state index in [2.05, 4.69) is 10.3 Å². The largest absolute Gasteiger partial charge is 0.323 e. The van der Waals surface area contributed by atoms with Crippen molar-refractivity contribution < 1.29 is 18.0 Å². The molecule has 0 aliphatic heterocycles. The van der Waals surface area contributed by atoms with Gasteiger partial charge in [0.05, 0.1) is 21.5 Å². The van der Waals surface area contributed by atoms with Crippen LogP contribution in [-0.2, 0) is 4.79 Å². The summed E-state index contributed by atoms with van der Waals surface area (Å²) in [7, 11) is 0. The number of para-hydroxylation sites is 1. The molecule has 3 nitrogen and oxygen atoms in total. The van der Waals surface area contributed by atoms with E-state index in [4.69, 9.17) is 0 Å². The number of nitrogens with one attached hydrogen (secondary N) is 1. The Balaban J connectivity index is 1.80. The van der Waals surface area contributed by atoms with E-state index >= 15 is 0 Å². The number of nitrogens with zero attached hydrogens (tertiary/aromatic N) is 1. The summed E-state index contributed by atoms with van der Waals surface area (Å²) >= 11 is 1.21. The fraction of sp³-hybridized carbons (Fsp3) is 0.200. The van der Waals surface area contributed by atoms with E-state index in [0.29, 0.717) is 5.03 Å². The molecule has 3 rings (SSSR count). The molecule has 0 aliphatic rings. The van der Waals surface area contributed by atoms with Gasteiger partial charge in [0.1, 0.15) is 0 Å². The van der Waals surface area contributed by atoms with Crippen LogP contribution in [0.25, 0.3) is 10.9 Å². The second kappa shape index (κ2) is 7.60. The van der Waals surface area contributed by atoms with Crippen LogP contribution in [0.1, 0.15) is 18.1 Å². The second-order valence-corrected chi connectivity index (χ2v) is 7.58. The Bertz CT molecular complexity index is 1040. The Kier molecular flexibility index (Phi) is 5.41. The van der Waals surface area contributed by atoms with Gasteiger partial charge in [-0.2, -0.15) is 0 Å². The van der Waals surface area contributed by atoms with Crippen molar-refractivity contribution in [2.75, 3.05) is 5.32 Å². The Morgan fingerprint density at radius 3 is 2.56 bits per heavy atom. The zero-order valence-electron chi connectivity index (χ0n) is 14.9. The van der Waals surface area contributed by atoms with E-state index in [1.54, 1.807) is 6.92 Å². The summed E-state index contributed by atoms with van der Waals surface area (Å²) in [6.45, 7) is 5.57. The number of carbonyl (C=O) groups excluding carboxylic acids is 1. The van der Waals surface area contributed by atoms with E-state index in [0.717, 1.165) is 34.2 Å². The van der Waals surface area contributed by atoms with E-state index in [1.165, 1.54) is 11.8 Å². The molecule has 0 saturated heterocycles. The highest BCUT2D eigenvalue weighted by molar-refractivity contribution is 8.00. The van der Waals surface area contributed by atoms with Crippen molar-refractivity contribution in [3.63, 3.8) is 0 Å². The van der Waals surface area contributed by atoms with Crippen LogP contribution in [0.4, 0.5) is 18.9 Å². The maximum Gasteiger partial charge on any atom is 0.237 e. The van der Waals surface area contributed by atoms with Gasteiger partial charge in [-0.15, -0.1) is 0 Å². The Morgan fingerprint density at radius 1 is 1.07 bits per heavy atom. The van der Waals surface area contributed by atoms with Gasteiger partial charge in [-0.05, 0) is 50.1 Å². The monoisotopic (exact) mass is 390 g/mol. The van der Waals surface area contributed by atoms with Crippen molar-refractivity contribution in [1.82, 2.24) is 4.98 Å². The molecule has 0 fully saturated rings. The number of anilines is 1. The van der Waals surface area contributed by atoms with Crippen molar-refractivity contribution in [1.29, 1.82) is 0 Å². The summed E-state index contributed by atoms with van der Waals surface area (Å²) in [5.74, 6) is -4.88. The number of amides is 1. The van der Waals surface area contributed by atoms with Crippen LogP contribution in [-0.4, -0.2) is 16.1 Å². The van der Waals surface area contributed by atoms with Crippen LogP contribution in [0.2, 0.25) is 0 Å². The lowest BCUT2D eigenvalue weighted by Crippen LogP contribution is -2.23. The van der Waals surface area contributed by atoms with Crippen molar-refractivity contribution in [2.45, 2.75) is 31.0 Å². The molecule has 0 unspecified atom stereocenters. The fourth-order valence-corrected chi connectivity index (χ4v) is 3.60. The van der Waals surface area contributed by atoms with Crippen molar-refractivity contribution in [3.8, 4) is 0 Å². The molecule has 0 spiro atoms. The highest BCUT2D eigenvalue weighted by atomic mass is 32.2. The van der Waals surface area contributed by atoms with Crippen molar-refractivity contribution in [3.05, 3.63) is 65.0 Å². The third-order valence-corrected chi connectivity index (χ3v) is 5.20. The first-order valence-electron chi connectivity index (χ1n) is 8.26. The number of halogens is 3. The predicted molar refractivity (Wildman–Crippen MR) is 101 cm³/mol. The van der Waals surface area contributed by atoms with Crippen molar-refractivity contribution >= 4 is 34.3 Å². The Hall–Kier alpha value is -2.54. The number of rotatable bonds is 4. The standard InChI is InChI=1S/C20H17F3N2OS/c1-10-5-4-6-13-11(2)9-16(25-19(10)13)27-12(3)20(26)24-15-8-7-14(21)17(22)18(15)23/h4-9,12H,1-3H3,(H,24,26)/t12-/m0/s1. The molecule has 140 valence electrons. The SMILES string of the molecule is Cc1cc(S[C@@H](C)C(=O)Nc2ccc(F)c(F)c2F)nc2c(C)cccc12. The van der Waals surface area contributed by atoms with E-state index in [1.807, 2.05) is 38.1 Å². The number of aryl methyl sites for hydroxylation is 2. The van der Waals surface area contributed by atoms with Crippen LogP contribution in [0, 0.1) is 31.3 Å². The number of benzene rings is 2. The van der Waals surface area contributed by atoms with Crippen LogP contribution in [0.3, 0.4) is 0 Å². The Labute approximate surface area is 159 Å². The number of carbonyl (C=O) groups is 1. The molecule has 1 amide bonds. The highest BCUT2D eigenvalue weighted by Gasteiger charge is 2.20. The lowest BCUT2D eigenvalue weighted by atomic mass is 10.1. The molecule has 0 radical (unpaired) electrons. The van der Waals surface area contributed by atoms with E-state index in [-0.39, 0.29) is 0 Å². The van der Waals surface area contributed by atoms with Crippen LogP contribution < -0.4 is 5.32 Å². The molecule has 0 aliphatic carbocycles. The summed E-state index contributed by atoms with van der Waals surface area (Å²) in [6.07, 6.45) is 0. The fourth-order valence-electron chi connectivity index (χ4n) is 2.68. The lowest BCUT2D eigenvalue weighted by molar-refractivity contribution is -0.115. The predicted octanol–water partition coefficient (Wildman–Crippen LogP) is 5.39. The summed E-state index contributed by atoms with van der Waals surface area (Å²) in [4.78, 5) is 16.9. The first kappa shape index (κ1) is 19.2. The lowest BCUT2D eigenvalue weighted by Gasteiger charge is -2.14. The second-order valence-electron chi connectivity index (χ2n) is 6.22. The molecule has 0 bridgehead atoms. The number of aromatic nitrogens is 1. The van der Waals surface area contributed by atoms with Gasteiger partial charge in [0, 0.05) is 5.39 Å². The zero-order valence-corrected chi connectivity index (χ0v) is 15.8. The first-order valence-corrected chi connectivity index (χ1v) is 9.14.